The van der Waals surface area contributed by atoms with Gasteiger partial charge in [-0.15, -0.1) is 0 Å². The van der Waals surface area contributed by atoms with E-state index in [9.17, 15) is 9.90 Å². The average molecular weight is 516 g/mol. The molecule has 2 aliphatic carbocycles. The van der Waals surface area contributed by atoms with Crippen LogP contribution < -0.4 is 10.2 Å². The van der Waals surface area contributed by atoms with E-state index < -0.39 is 0 Å². The summed E-state index contributed by atoms with van der Waals surface area (Å²) in [5.41, 5.74) is 0.853. The molecule has 0 radical (unpaired) electrons. The van der Waals surface area contributed by atoms with Gasteiger partial charge in [0, 0.05) is 56.7 Å². The number of rotatable bonds is 8. The van der Waals surface area contributed by atoms with Gasteiger partial charge >= 0.3 is 0 Å². The second kappa shape index (κ2) is 12.9. The molecule has 1 aromatic rings. The number of anilines is 1. The molecule has 0 bridgehead atoms. The van der Waals surface area contributed by atoms with Gasteiger partial charge in [0.2, 0.25) is 5.91 Å². The minimum absolute atomic E-state index is 0.0957. The zero-order chi connectivity index (χ0) is 26.4. The number of methoxy groups -OCH3 is 1. The molecule has 2 saturated carbocycles. The van der Waals surface area contributed by atoms with Gasteiger partial charge in [-0.25, -0.2) is 9.97 Å². The minimum atomic E-state index is -0.204. The quantitative estimate of drug-likeness (QED) is 0.546. The number of piperazine rings is 1. The van der Waals surface area contributed by atoms with Crippen molar-refractivity contribution in [3.05, 3.63) is 17.6 Å². The van der Waals surface area contributed by atoms with Crippen molar-refractivity contribution in [3.8, 4) is 0 Å². The number of aliphatic hydroxyl groups is 1. The number of amides is 1. The third kappa shape index (κ3) is 8.11. The first-order valence-electron chi connectivity index (χ1n) is 14.5. The van der Waals surface area contributed by atoms with Gasteiger partial charge in [-0.2, -0.15) is 0 Å². The highest BCUT2D eigenvalue weighted by molar-refractivity contribution is 5.79. The topological polar surface area (TPSA) is 90.8 Å². The van der Waals surface area contributed by atoms with Gasteiger partial charge in [0.05, 0.1) is 18.4 Å². The maximum absolute atomic E-state index is 12.6. The predicted octanol–water partition coefficient (Wildman–Crippen LogP) is 3.66. The van der Waals surface area contributed by atoms with Crippen LogP contribution in [-0.4, -0.2) is 77.9 Å². The van der Waals surface area contributed by atoms with Crippen molar-refractivity contribution in [1.29, 1.82) is 0 Å². The van der Waals surface area contributed by atoms with E-state index in [1.165, 1.54) is 19.3 Å². The van der Waals surface area contributed by atoms with E-state index in [4.69, 9.17) is 14.7 Å². The standard InChI is InChI=1S/C29H49N5O3/c1-29(2,3)28-31-24(20-37-4)19-26(32-28)34-17-15-33(16-18-34)14-13-21-5-9-23(10-6-21)30-27(36)22-7-11-25(35)12-8-22/h19,21-23,25,35H,5-18,20H2,1-4H3,(H,30,36)/t21-,22-,23+,25-. The molecule has 1 aromatic heterocycles. The first-order chi connectivity index (χ1) is 17.7. The van der Waals surface area contributed by atoms with Gasteiger partial charge in [-0.3, -0.25) is 9.69 Å². The van der Waals surface area contributed by atoms with Gasteiger partial charge in [0.1, 0.15) is 11.6 Å². The van der Waals surface area contributed by atoms with Gasteiger partial charge in [-0.1, -0.05) is 20.8 Å². The Labute approximate surface area is 223 Å². The highest BCUT2D eigenvalue weighted by Crippen LogP contribution is 2.29. The van der Waals surface area contributed by atoms with Crippen LogP contribution >= 0.6 is 0 Å². The molecule has 0 unspecified atom stereocenters. The molecular weight excluding hydrogens is 466 g/mol. The molecule has 208 valence electrons. The molecule has 3 fully saturated rings. The summed E-state index contributed by atoms with van der Waals surface area (Å²) in [6, 6.07) is 2.43. The second-order valence-corrected chi connectivity index (χ2v) is 12.6. The fraction of sp³-hybridized carbons (Fsp3) is 0.828. The summed E-state index contributed by atoms with van der Waals surface area (Å²) in [4.78, 5) is 27.3. The normalized spacial score (nSPS) is 27.8. The monoisotopic (exact) mass is 515 g/mol. The van der Waals surface area contributed by atoms with Crippen molar-refractivity contribution in [2.24, 2.45) is 11.8 Å². The number of hydrogen-bond donors (Lipinski definition) is 2. The summed E-state index contributed by atoms with van der Waals surface area (Å²) < 4.78 is 5.36. The molecule has 3 aliphatic rings. The van der Waals surface area contributed by atoms with Crippen molar-refractivity contribution in [1.82, 2.24) is 20.2 Å². The van der Waals surface area contributed by atoms with Crippen molar-refractivity contribution in [3.63, 3.8) is 0 Å². The van der Waals surface area contributed by atoms with E-state index in [2.05, 4.69) is 42.0 Å². The Kier molecular flexibility index (Phi) is 9.81. The van der Waals surface area contributed by atoms with Crippen molar-refractivity contribution in [2.75, 3.05) is 44.7 Å². The van der Waals surface area contributed by atoms with Crippen LogP contribution in [0.25, 0.3) is 0 Å². The molecule has 2 heterocycles. The van der Waals surface area contributed by atoms with E-state index in [0.29, 0.717) is 12.6 Å². The molecule has 1 aliphatic heterocycles. The highest BCUT2D eigenvalue weighted by atomic mass is 16.5. The molecule has 4 rings (SSSR count). The summed E-state index contributed by atoms with van der Waals surface area (Å²) in [5.74, 6) is 3.00. The smallest absolute Gasteiger partial charge is 0.223 e. The van der Waals surface area contributed by atoms with E-state index in [0.717, 1.165) is 94.5 Å². The maximum Gasteiger partial charge on any atom is 0.223 e. The molecule has 0 spiro atoms. The van der Waals surface area contributed by atoms with Crippen molar-refractivity contribution >= 4 is 11.7 Å². The van der Waals surface area contributed by atoms with Crippen LogP contribution in [-0.2, 0) is 21.6 Å². The maximum atomic E-state index is 12.6. The lowest BCUT2D eigenvalue weighted by Gasteiger charge is -2.37. The number of hydrogen-bond acceptors (Lipinski definition) is 7. The SMILES string of the molecule is COCc1cc(N2CCN(CC[C@H]3CC[C@@H](NC(=O)[C@H]4CC[C@H](O)CC4)CC3)CC2)nc(C(C)(C)C)n1. The van der Waals surface area contributed by atoms with E-state index >= 15 is 0 Å². The van der Waals surface area contributed by atoms with Gasteiger partial charge in [-0.05, 0) is 70.3 Å². The Morgan fingerprint density at radius 1 is 1.03 bits per heavy atom. The molecule has 2 N–H and O–H groups in total. The fourth-order valence-corrected chi connectivity index (χ4v) is 6.02. The van der Waals surface area contributed by atoms with E-state index in [1.807, 2.05) is 0 Å². The first kappa shape index (κ1) is 28.2. The minimum Gasteiger partial charge on any atom is -0.393 e. The largest absolute Gasteiger partial charge is 0.393 e. The average Bonchev–Trinajstić information content (AvgIpc) is 2.88. The van der Waals surface area contributed by atoms with Crippen LogP contribution in [0, 0.1) is 11.8 Å². The Balaban J connectivity index is 1.17. The summed E-state index contributed by atoms with van der Waals surface area (Å²) in [6.45, 7) is 12.3. The van der Waals surface area contributed by atoms with Crippen LogP contribution in [0.3, 0.4) is 0 Å². The van der Waals surface area contributed by atoms with Crippen LogP contribution in [0.1, 0.15) is 90.1 Å². The van der Waals surface area contributed by atoms with Gasteiger partial charge < -0.3 is 20.1 Å². The van der Waals surface area contributed by atoms with Crippen molar-refractivity contribution < 1.29 is 14.6 Å². The number of aromatic nitrogens is 2. The third-order valence-electron chi connectivity index (χ3n) is 8.54. The number of aliphatic hydroxyl groups excluding tert-OH is 1. The second-order valence-electron chi connectivity index (χ2n) is 12.6. The number of nitrogens with one attached hydrogen (secondary N) is 1. The molecule has 1 saturated heterocycles. The van der Waals surface area contributed by atoms with E-state index in [1.54, 1.807) is 7.11 Å². The number of carbonyl (C=O) groups is 1. The Morgan fingerprint density at radius 2 is 1.70 bits per heavy atom. The molecule has 0 atom stereocenters. The Hall–Kier alpha value is -1.77. The fourth-order valence-electron chi connectivity index (χ4n) is 6.02. The third-order valence-corrected chi connectivity index (χ3v) is 8.54. The number of nitrogens with zero attached hydrogens (tertiary/aromatic N) is 4. The molecular formula is C29H49N5O3. The van der Waals surface area contributed by atoms with E-state index in [-0.39, 0.29) is 23.3 Å². The molecule has 0 aromatic carbocycles. The number of ether oxygens (including phenoxy) is 1. The van der Waals surface area contributed by atoms with Crippen LogP contribution in [0.2, 0.25) is 0 Å². The lowest BCUT2D eigenvalue weighted by atomic mass is 9.83. The van der Waals surface area contributed by atoms with Gasteiger partial charge in [0.15, 0.2) is 0 Å². The van der Waals surface area contributed by atoms with Crippen molar-refractivity contribution in [2.45, 2.75) is 103 Å². The first-order valence-corrected chi connectivity index (χ1v) is 14.5. The van der Waals surface area contributed by atoms with Crippen LogP contribution in [0.15, 0.2) is 6.07 Å². The lowest BCUT2D eigenvalue weighted by Crippen LogP contribution is -2.47. The lowest BCUT2D eigenvalue weighted by molar-refractivity contribution is -0.127. The van der Waals surface area contributed by atoms with Gasteiger partial charge in [0.25, 0.3) is 0 Å². The summed E-state index contributed by atoms with van der Waals surface area (Å²) >= 11 is 0. The summed E-state index contributed by atoms with van der Waals surface area (Å²) in [6.07, 6.45) is 8.89. The van der Waals surface area contributed by atoms with Crippen LogP contribution in [0.5, 0.6) is 0 Å². The summed E-state index contributed by atoms with van der Waals surface area (Å²) in [5, 5.41) is 13.0. The Morgan fingerprint density at radius 3 is 2.32 bits per heavy atom. The number of carbonyl (C=O) groups excluding carboxylic acids is 1. The van der Waals surface area contributed by atoms with Crippen LogP contribution in [0.4, 0.5) is 5.82 Å². The zero-order valence-corrected chi connectivity index (χ0v) is 23.5. The Bertz CT molecular complexity index is 865. The highest BCUT2D eigenvalue weighted by Gasteiger charge is 2.29. The zero-order valence-electron chi connectivity index (χ0n) is 23.5. The molecule has 37 heavy (non-hydrogen) atoms. The molecule has 8 nitrogen and oxygen atoms in total. The summed E-state index contributed by atoms with van der Waals surface area (Å²) in [7, 11) is 1.71. The predicted molar refractivity (Wildman–Crippen MR) is 147 cm³/mol. The molecule has 8 heteroatoms. The molecule has 1 amide bonds.